The van der Waals surface area contributed by atoms with Crippen molar-refractivity contribution in [3.05, 3.63) is 54.4 Å². The highest BCUT2D eigenvalue weighted by Crippen LogP contribution is 2.35. The predicted molar refractivity (Wildman–Crippen MR) is 121 cm³/mol. The van der Waals surface area contributed by atoms with Gasteiger partial charge in [0.05, 0.1) is 13.8 Å². The van der Waals surface area contributed by atoms with E-state index >= 15 is 0 Å². The smallest absolute Gasteiger partial charge is 0.227 e. The fourth-order valence-corrected chi connectivity index (χ4v) is 5.47. The summed E-state index contributed by atoms with van der Waals surface area (Å²) in [5.74, 6) is 0. The number of hydrogen-bond donors (Lipinski definition) is 0. The highest BCUT2D eigenvalue weighted by Gasteiger charge is 2.25. The van der Waals surface area contributed by atoms with Crippen LogP contribution in [0.1, 0.15) is 26.3 Å². The molecular weight excluding hydrogens is 360 g/mol. The van der Waals surface area contributed by atoms with Gasteiger partial charge >= 0.3 is 0 Å². The monoisotopic (exact) mass is 388 g/mol. The zero-order chi connectivity index (χ0) is 20.1. The van der Waals surface area contributed by atoms with Gasteiger partial charge in [-0.2, -0.15) is 0 Å². The van der Waals surface area contributed by atoms with E-state index in [1.807, 2.05) is 12.3 Å². The summed E-state index contributed by atoms with van der Waals surface area (Å²) in [5, 5.41) is 3.72. The minimum atomic E-state index is -1.55. The molecule has 0 saturated carbocycles. The summed E-state index contributed by atoms with van der Waals surface area (Å²) in [6, 6.07) is 12.9. The Balaban J connectivity index is 1.98. The summed E-state index contributed by atoms with van der Waals surface area (Å²) in [5.41, 5.74) is 5.16. The number of pyridine rings is 2. The molecule has 3 nitrogen and oxygen atoms in total. The average Bonchev–Trinajstić information content (AvgIpc) is 2.98. The number of rotatable bonds is 3. The largest absolute Gasteiger partial charge is 0.437 e. The van der Waals surface area contributed by atoms with Crippen molar-refractivity contribution in [2.75, 3.05) is 0 Å². The number of aromatic nitrogens is 2. The van der Waals surface area contributed by atoms with Crippen LogP contribution < -0.4 is 5.19 Å². The standard InChI is InChI=1S/C24H28N2OSi/c1-24(2,3)15-16-11-13-25-19(14-16)17-9-10-20(28(4,5)6)21-18-8-7-12-26-23(18)27-22(17)21/h7-14H,15H2,1-6H3. The summed E-state index contributed by atoms with van der Waals surface area (Å²) in [4.78, 5) is 9.15. The first-order chi connectivity index (χ1) is 13.1. The molecule has 0 bridgehead atoms. The number of furan rings is 1. The summed E-state index contributed by atoms with van der Waals surface area (Å²) in [7, 11) is -1.55. The quantitative estimate of drug-likeness (QED) is 0.394. The van der Waals surface area contributed by atoms with Crippen LogP contribution in [0.4, 0.5) is 0 Å². The molecule has 0 saturated heterocycles. The van der Waals surface area contributed by atoms with Crippen molar-refractivity contribution < 1.29 is 4.42 Å². The van der Waals surface area contributed by atoms with Gasteiger partial charge in [0.1, 0.15) is 5.58 Å². The van der Waals surface area contributed by atoms with Crippen LogP contribution in [-0.4, -0.2) is 18.0 Å². The van der Waals surface area contributed by atoms with Crippen molar-refractivity contribution in [2.24, 2.45) is 5.41 Å². The van der Waals surface area contributed by atoms with Crippen molar-refractivity contribution >= 4 is 35.3 Å². The topological polar surface area (TPSA) is 38.9 Å². The summed E-state index contributed by atoms with van der Waals surface area (Å²) in [6.07, 6.45) is 4.72. The number of nitrogens with zero attached hydrogens (tertiary/aromatic N) is 2. The van der Waals surface area contributed by atoms with Crippen LogP contribution >= 0.6 is 0 Å². The maximum atomic E-state index is 6.29. The second-order valence-electron chi connectivity index (χ2n) is 9.86. The molecule has 1 aromatic carbocycles. The molecule has 4 aromatic rings. The van der Waals surface area contributed by atoms with Crippen molar-refractivity contribution in [1.29, 1.82) is 0 Å². The van der Waals surface area contributed by atoms with E-state index in [0.29, 0.717) is 5.71 Å². The van der Waals surface area contributed by atoms with Crippen LogP contribution in [0, 0.1) is 5.41 Å². The SMILES string of the molecule is CC(C)(C)Cc1ccnc(-c2ccc([Si](C)(C)C)c3c2oc2ncccc23)c1. The first kappa shape index (κ1) is 18.9. The Hall–Kier alpha value is -2.46. The second kappa shape index (κ2) is 6.56. The number of benzene rings is 1. The lowest BCUT2D eigenvalue weighted by Gasteiger charge is -2.20. The molecule has 0 aliphatic heterocycles. The van der Waals surface area contributed by atoms with Crippen molar-refractivity contribution in [1.82, 2.24) is 9.97 Å². The normalized spacial score (nSPS) is 12.8. The van der Waals surface area contributed by atoms with Crippen LogP contribution in [-0.2, 0) is 6.42 Å². The molecule has 144 valence electrons. The van der Waals surface area contributed by atoms with E-state index in [4.69, 9.17) is 4.42 Å². The third-order valence-corrected chi connectivity index (χ3v) is 7.07. The second-order valence-corrected chi connectivity index (χ2v) is 14.9. The van der Waals surface area contributed by atoms with Gasteiger partial charge in [-0.3, -0.25) is 4.98 Å². The van der Waals surface area contributed by atoms with Crippen LogP contribution in [0.3, 0.4) is 0 Å². The third kappa shape index (κ3) is 3.49. The van der Waals surface area contributed by atoms with Crippen LogP contribution in [0.2, 0.25) is 19.6 Å². The Morgan fingerprint density at radius 3 is 2.46 bits per heavy atom. The molecule has 0 fully saturated rings. The Morgan fingerprint density at radius 2 is 1.75 bits per heavy atom. The Labute approximate surface area is 167 Å². The van der Waals surface area contributed by atoms with E-state index in [2.05, 4.69) is 80.7 Å². The highest BCUT2D eigenvalue weighted by atomic mass is 28.3. The maximum absolute atomic E-state index is 6.29. The molecule has 3 heterocycles. The molecule has 3 aromatic heterocycles. The third-order valence-electron chi connectivity index (χ3n) is 5.04. The Bertz CT molecular complexity index is 1160. The van der Waals surface area contributed by atoms with Crippen LogP contribution in [0.15, 0.2) is 53.2 Å². The van der Waals surface area contributed by atoms with E-state index in [0.717, 1.165) is 28.6 Å². The van der Waals surface area contributed by atoms with Crippen molar-refractivity contribution in [3.8, 4) is 11.3 Å². The molecule has 0 spiro atoms. The van der Waals surface area contributed by atoms with Gasteiger partial charge in [0.25, 0.3) is 0 Å². The average molecular weight is 389 g/mol. The van der Waals surface area contributed by atoms with Gasteiger partial charge in [-0.1, -0.05) is 46.5 Å². The van der Waals surface area contributed by atoms with Gasteiger partial charge in [-0.05, 0) is 52.9 Å². The van der Waals surface area contributed by atoms with Gasteiger partial charge < -0.3 is 4.42 Å². The lowest BCUT2D eigenvalue weighted by Crippen LogP contribution is -2.37. The lowest BCUT2D eigenvalue weighted by molar-refractivity contribution is 0.411. The van der Waals surface area contributed by atoms with Gasteiger partial charge in [0.15, 0.2) is 0 Å². The van der Waals surface area contributed by atoms with Gasteiger partial charge in [-0.25, -0.2) is 4.98 Å². The van der Waals surface area contributed by atoms with Gasteiger partial charge in [0, 0.05) is 28.7 Å². The first-order valence-electron chi connectivity index (χ1n) is 9.89. The Kier molecular flexibility index (Phi) is 4.42. The van der Waals surface area contributed by atoms with E-state index in [1.54, 1.807) is 6.20 Å². The van der Waals surface area contributed by atoms with Crippen LogP contribution in [0.25, 0.3) is 33.3 Å². The molecule has 0 N–H and O–H groups in total. The number of hydrogen-bond acceptors (Lipinski definition) is 3. The molecule has 0 unspecified atom stereocenters. The summed E-state index contributed by atoms with van der Waals surface area (Å²) >= 11 is 0. The molecule has 0 radical (unpaired) electrons. The Morgan fingerprint density at radius 1 is 0.964 bits per heavy atom. The van der Waals surface area contributed by atoms with E-state index in [-0.39, 0.29) is 5.41 Å². The predicted octanol–water partition coefficient (Wildman–Crippen LogP) is 6.18. The number of fused-ring (bicyclic) bond motifs is 3. The van der Waals surface area contributed by atoms with Crippen molar-refractivity contribution in [2.45, 2.75) is 46.8 Å². The fourth-order valence-electron chi connectivity index (χ4n) is 3.89. The molecule has 4 heteroatoms. The van der Waals surface area contributed by atoms with Crippen LogP contribution in [0.5, 0.6) is 0 Å². The van der Waals surface area contributed by atoms with E-state index in [1.165, 1.54) is 16.1 Å². The minimum Gasteiger partial charge on any atom is -0.437 e. The molecule has 0 amide bonds. The summed E-state index contributed by atoms with van der Waals surface area (Å²) < 4.78 is 6.29. The lowest BCUT2D eigenvalue weighted by atomic mass is 9.88. The van der Waals surface area contributed by atoms with Gasteiger partial charge in [0.2, 0.25) is 5.71 Å². The fraction of sp³-hybridized carbons (Fsp3) is 0.333. The maximum Gasteiger partial charge on any atom is 0.227 e. The highest BCUT2D eigenvalue weighted by molar-refractivity contribution is 6.90. The molecule has 0 atom stereocenters. The molecule has 0 aliphatic rings. The summed E-state index contributed by atoms with van der Waals surface area (Å²) in [6.45, 7) is 13.9. The van der Waals surface area contributed by atoms with E-state index < -0.39 is 8.07 Å². The molecular formula is C24H28N2OSi. The zero-order valence-corrected chi connectivity index (χ0v) is 18.6. The minimum absolute atomic E-state index is 0.235. The molecule has 28 heavy (non-hydrogen) atoms. The van der Waals surface area contributed by atoms with Crippen molar-refractivity contribution in [3.63, 3.8) is 0 Å². The molecule has 0 aliphatic carbocycles. The molecule has 4 rings (SSSR count). The first-order valence-corrected chi connectivity index (χ1v) is 13.4. The van der Waals surface area contributed by atoms with Gasteiger partial charge in [-0.15, -0.1) is 0 Å². The zero-order valence-electron chi connectivity index (χ0n) is 17.6. The van der Waals surface area contributed by atoms with E-state index in [9.17, 15) is 0 Å².